The van der Waals surface area contributed by atoms with Crippen LogP contribution in [0.3, 0.4) is 0 Å². The molecule has 42 heavy (non-hydrogen) atoms. The van der Waals surface area contributed by atoms with Crippen molar-refractivity contribution in [2.45, 2.75) is 33.1 Å². The maximum Gasteiger partial charge on any atom is 0.319 e. The lowest BCUT2D eigenvalue weighted by Crippen LogP contribution is -2.32. The highest BCUT2D eigenvalue weighted by atomic mass is 19.1. The molecule has 2 heterocycles. The quantitative estimate of drug-likeness (QED) is 0.257. The number of phenolic OH excluding ortho intramolecular Hbond substituents is 1. The summed E-state index contributed by atoms with van der Waals surface area (Å²) < 4.78 is 38.8. The lowest BCUT2D eigenvalue weighted by Gasteiger charge is -2.27. The van der Waals surface area contributed by atoms with Crippen molar-refractivity contribution in [1.82, 2.24) is 14.9 Å². The van der Waals surface area contributed by atoms with E-state index in [1.165, 1.54) is 12.1 Å². The highest BCUT2D eigenvalue weighted by Crippen LogP contribution is 2.46. The molecule has 0 bridgehead atoms. The first-order valence-corrected chi connectivity index (χ1v) is 14.5. The van der Waals surface area contributed by atoms with Crippen molar-refractivity contribution < 1.29 is 18.6 Å². The molecule has 2 fully saturated rings. The summed E-state index contributed by atoms with van der Waals surface area (Å²) in [5, 5.41) is 20.5. The molecule has 1 saturated carbocycles. The van der Waals surface area contributed by atoms with Gasteiger partial charge in [0.2, 0.25) is 0 Å². The SMILES string of the molecule is CC1CC(=N)CN(c2nc(OCC3(CN(C)C)CC3)nc3c(F)c(-c4cc(O)cc5ccccc45)c(F)cc23)CC1C. The topological polar surface area (TPSA) is 85.6 Å². The molecule has 7 nitrogen and oxygen atoms in total. The van der Waals surface area contributed by atoms with Crippen molar-refractivity contribution >= 4 is 33.2 Å². The number of nitrogens with zero attached hydrogens (tertiary/aromatic N) is 4. The fourth-order valence-electron chi connectivity index (χ4n) is 6.27. The minimum absolute atomic E-state index is 0.00361. The zero-order chi connectivity index (χ0) is 29.8. The fourth-order valence-corrected chi connectivity index (χ4v) is 6.27. The van der Waals surface area contributed by atoms with Crippen molar-refractivity contribution in [2.24, 2.45) is 17.3 Å². The van der Waals surface area contributed by atoms with Crippen LogP contribution in [0.2, 0.25) is 0 Å². The summed E-state index contributed by atoms with van der Waals surface area (Å²) in [5.41, 5.74) is 0.485. The van der Waals surface area contributed by atoms with Crippen LogP contribution < -0.4 is 9.64 Å². The van der Waals surface area contributed by atoms with E-state index in [9.17, 15) is 5.11 Å². The van der Waals surface area contributed by atoms with Gasteiger partial charge in [0, 0.05) is 29.6 Å². The first-order valence-electron chi connectivity index (χ1n) is 14.5. The lowest BCUT2D eigenvalue weighted by molar-refractivity contribution is 0.183. The molecule has 1 aromatic heterocycles. The Morgan fingerprint density at radius 1 is 1.07 bits per heavy atom. The molecule has 9 heteroatoms. The third kappa shape index (κ3) is 5.38. The molecule has 0 spiro atoms. The van der Waals surface area contributed by atoms with Gasteiger partial charge in [0.05, 0.1) is 18.7 Å². The largest absolute Gasteiger partial charge is 0.508 e. The average molecular weight is 574 g/mol. The van der Waals surface area contributed by atoms with E-state index in [0.717, 1.165) is 19.4 Å². The molecule has 2 atom stereocenters. The van der Waals surface area contributed by atoms with E-state index in [2.05, 4.69) is 23.7 Å². The Labute approximate surface area is 244 Å². The van der Waals surface area contributed by atoms with Crippen molar-refractivity contribution in [3.05, 3.63) is 54.1 Å². The smallest absolute Gasteiger partial charge is 0.319 e. The Bertz CT molecular complexity index is 1690. The van der Waals surface area contributed by atoms with Crippen LogP contribution >= 0.6 is 0 Å². The number of aromatic nitrogens is 2. The number of phenols is 1. The first-order chi connectivity index (χ1) is 20.0. The zero-order valence-corrected chi connectivity index (χ0v) is 24.5. The van der Waals surface area contributed by atoms with Crippen LogP contribution in [0.5, 0.6) is 11.8 Å². The van der Waals surface area contributed by atoms with Crippen LogP contribution in [0, 0.1) is 34.3 Å². The molecule has 0 amide bonds. The summed E-state index contributed by atoms with van der Waals surface area (Å²) >= 11 is 0. The molecule has 6 rings (SSSR count). The number of rotatable bonds is 7. The van der Waals surface area contributed by atoms with Gasteiger partial charge in [-0.15, -0.1) is 0 Å². The Kier molecular flexibility index (Phi) is 7.25. The second-order valence-corrected chi connectivity index (χ2v) is 12.7. The van der Waals surface area contributed by atoms with E-state index < -0.39 is 11.6 Å². The summed E-state index contributed by atoms with van der Waals surface area (Å²) in [5.74, 6) is -0.797. The second-order valence-electron chi connectivity index (χ2n) is 12.7. The molecular weight excluding hydrogens is 536 g/mol. The third-order valence-electron chi connectivity index (χ3n) is 8.80. The molecule has 1 saturated heterocycles. The van der Waals surface area contributed by atoms with Crippen LogP contribution in [-0.4, -0.2) is 66.0 Å². The minimum Gasteiger partial charge on any atom is -0.508 e. The fraction of sp³-hybridized carbons (Fsp3) is 0.424. The Morgan fingerprint density at radius 2 is 1.83 bits per heavy atom. The monoisotopic (exact) mass is 573 g/mol. The van der Waals surface area contributed by atoms with Gasteiger partial charge in [-0.2, -0.15) is 9.97 Å². The summed E-state index contributed by atoms with van der Waals surface area (Å²) in [6.45, 7) is 6.41. The molecule has 220 valence electrons. The molecule has 4 aromatic rings. The average Bonchev–Trinajstić information content (AvgIpc) is 3.71. The highest BCUT2D eigenvalue weighted by molar-refractivity contribution is 6.02. The van der Waals surface area contributed by atoms with Crippen LogP contribution in [0.15, 0.2) is 42.5 Å². The van der Waals surface area contributed by atoms with E-state index in [0.29, 0.717) is 54.3 Å². The maximum atomic E-state index is 16.6. The number of fused-ring (bicyclic) bond motifs is 2. The van der Waals surface area contributed by atoms with Gasteiger partial charge in [0.25, 0.3) is 0 Å². The van der Waals surface area contributed by atoms with Crippen LogP contribution in [0.1, 0.15) is 33.1 Å². The summed E-state index contributed by atoms with van der Waals surface area (Å²) in [7, 11) is 4.05. The number of hydrogen-bond donors (Lipinski definition) is 2. The lowest BCUT2D eigenvalue weighted by atomic mass is 9.92. The Hall–Kier alpha value is -3.85. The van der Waals surface area contributed by atoms with Crippen molar-refractivity contribution in [3.63, 3.8) is 0 Å². The van der Waals surface area contributed by atoms with Gasteiger partial charge in [-0.3, -0.25) is 0 Å². The standard InChI is InChI=1S/C33H37F2N5O2/c1-19-11-22(36)16-40(15-20(19)2)31-26-14-27(34)28(25-13-23(41)12-21-7-5-6-8-24(21)25)29(35)30(26)37-32(38-31)42-18-33(9-10-33)17-39(3)4/h5-8,12-14,19-20,36,41H,9-11,15-18H2,1-4H3. The highest BCUT2D eigenvalue weighted by Gasteiger charge is 2.44. The number of nitrogens with one attached hydrogen (secondary N) is 1. The summed E-state index contributed by atoms with van der Waals surface area (Å²) in [4.78, 5) is 13.3. The van der Waals surface area contributed by atoms with Gasteiger partial charge in [-0.1, -0.05) is 38.1 Å². The van der Waals surface area contributed by atoms with Gasteiger partial charge in [0.15, 0.2) is 5.82 Å². The normalized spacial score (nSPS) is 20.4. The zero-order valence-electron chi connectivity index (χ0n) is 24.5. The van der Waals surface area contributed by atoms with E-state index in [-0.39, 0.29) is 45.1 Å². The van der Waals surface area contributed by atoms with Gasteiger partial charge >= 0.3 is 6.01 Å². The third-order valence-corrected chi connectivity index (χ3v) is 8.80. The molecule has 0 radical (unpaired) electrons. The molecule has 1 aliphatic carbocycles. The van der Waals surface area contributed by atoms with E-state index in [4.69, 9.17) is 15.1 Å². The number of ether oxygens (including phenoxy) is 1. The van der Waals surface area contributed by atoms with Crippen LogP contribution in [-0.2, 0) is 0 Å². The molecule has 2 unspecified atom stereocenters. The molecule has 2 N–H and O–H groups in total. The number of halogens is 2. The molecule has 3 aromatic carbocycles. The number of hydrogen-bond acceptors (Lipinski definition) is 7. The minimum atomic E-state index is -0.838. The summed E-state index contributed by atoms with van der Waals surface area (Å²) in [6.07, 6.45) is 2.71. The van der Waals surface area contributed by atoms with Gasteiger partial charge in [-0.05, 0) is 79.7 Å². The van der Waals surface area contributed by atoms with Crippen molar-refractivity contribution in [1.29, 1.82) is 5.41 Å². The number of anilines is 1. The van der Waals surface area contributed by atoms with Gasteiger partial charge < -0.3 is 25.1 Å². The number of aromatic hydroxyl groups is 1. The summed E-state index contributed by atoms with van der Waals surface area (Å²) in [6, 6.07) is 11.4. The van der Waals surface area contributed by atoms with E-state index >= 15 is 8.78 Å². The van der Waals surface area contributed by atoms with Crippen molar-refractivity contribution in [3.8, 4) is 22.9 Å². The van der Waals surface area contributed by atoms with Crippen molar-refractivity contribution in [2.75, 3.05) is 45.2 Å². The molecule has 2 aliphatic rings. The van der Waals surface area contributed by atoms with E-state index in [1.54, 1.807) is 24.3 Å². The van der Waals surface area contributed by atoms with Crippen LogP contribution in [0.4, 0.5) is 14.6 Å². The Morgan fingerprint density at radius 3 is 2.57 bits per heavy atom. The van der Waals surface area contributed by atoms with Gasteiger partial charge in [-0.25, -0.2) is 8.78 Å². The predicted molar refractivity (Wildman–Crippen MR) is 163 cm³/mol. The maximum absolute atomic E-state index is 16.6. The number of benzene rings is 3. The predicted octanol–water partition coefficient (Wildman–Crippen LogP) is 6.66. The van der Waals surface area contributed by atoms with Crippen LogP contribution in [0.25, 0.3) is 32.8 Å². The van der Waals surface area contributed by atoms with Gasteiger partial charge in [0.1, 0.15) is 22.9 Å². The Balaban J connectivity index is 1.52. The molecule has 1 aliphatic heterocycles. The van der Waals surface area contributed by atoms with E-state index in [1.807, 2.05) is 25.1 Å². The second kappa shape index (κ2) is 10.8. The molecular formula is C33H37F2N5O2. The first kappa shape index (κ1) is 28.3.